The Balaban J connectivity index is 1.96. The van der Waals surface area contributed by atoms with Crippen molar-refractivity contribution in [3.05, 3.63) is 29.8 Å². The summed E-state index contributed by atoms with van der Waals surface area (Å²) in [6, 6.07) is 4.63. The lowest BCUT2D eigenvalue weighted by Gasteiger charge is -2.28. The van der Waals surface area contributed by atoms with Gasteiger partial charge in [0.1, 0.15) is 17.8 Å². The molecule has 8 nitrogen and oxygen atoms in total. The van der Waals surface area contributed by atoms with E-state index >= 15 is 0 Å². The van der Waals surface area contributed by atoms with E-state index in [0.29, 0.717) is 35.9 Å². The largest absolute Gasteiger partial charge is 0.494 e. The van der Waals surface area contributed by atoms with Gasteiger partial charge in [0.05, 0.1) is 6.61 Å². The van der Waals surface area contributed by atoms with E-state index in [-0.39, 0.29) is 13.1 Å². The Hall–Kier alpha value is -1.68. The van der Waals surface area contributed by atoms with Gasteiger partial charge in [0.25, 0.3) is 10.0 Å². The van der Waals surface area contributed by atoms with Crippen molar-refractivity contribution in [2.24, 2.45) is 5.16 Å². The molecule has 0 amide bonds. The zero-order valence-electron chi connectivity index (χ0n) is 16.1. The number of piperidine rings is 1. The molecule has 0 bridgehead atoms. The van der Waals surface area contributed by atoms with Crippen LogP contribution in [0.5, 0.6) is 5.75 Å². The minimum atomic E-state index is -5.07. The molecule has 1 aliphatic heterocycles. The summed E-state index contributed by atoms with van der Waals surface area (Å²) in [6.07, 6.45) is -3.40. The summed E-state index contributed by atoms with van der Waals surface area (Å²) in [7, 11) is -5.07. The molecule has 1 aliphatic rings. The van der Waals surface area contributed by atoms with Crippen LogP contribution >= 0.6 is 12.0 Å². The van der Waals surface area contributed by atoms with Crippen LogP contribution in [-0.2, 0) is 24.4 Å². The first-order valence-corrected chi connectivity index (χ1v) is 11.1. The van der Waals surface area contributed by atoms with Gasteiger partial charge in [-0.3, -0.25) is 0 Å². The van der Waals surface area contributed by atoms with Crippen LogP contribution in [0.3, 0.4) is 0 Å². The van der Waals surface area contributed by atoms with Crippen LogP contribution < -0.4 is 4.74 Å². The number of hydrogen-bond donors (Lipinski definition) is 0. The first-order valence-electron chi connectivity index (χ1n) is 8.93. The number of benzene rings is 1. The maximum Gasteiger partial charge on any atom is 0.437 e. The molecule has 0 aliphatic carbocycles. The molecule has 0 atom stereocenters. The van der Waals surface area contributed by atoms with E-state index in [1.54, 1.807) is 6.92 Å². The molecule has 1 heterocycles. The molecule has 31 heavy (non-hydrogen) atoms. The van der Waals surface area contributed by atoms with E-state index in [2.05, 4.69) is 19.5 Å². The summed E-state index contributed by atoms with van der Waals surface area (Å²) in [4.78, 5) is 3.86. The minimum Gasteiger partial charge on any atom is -0.494 e. The Labute approximate surface area is 179 Å². The zero-order valence-corrected chi connectivity index (χ0v) is 17.7. The number of oxime groups is 1. The maximum atomic E-state index is 14.0. The summed E-state index contributed by atoms with van der Waals surface area (Å²) in [5.74, 6) is 0.321. The average Bonchev–Trinajstić information content (AvgIpc) is 2.71. The van der Waals surface area contributed by atoms with Crippen LogP contribution in [0.2, 0.25) is 0 Å². The van der Waals surface area contributed by atoms with Gasteiger partial charge in [0, 0.05) is 23.7 Å². The molecule has 2 rings (SSSR count). The molecule has 176 valence electrons. The Kier molecular flexibility index (Phi) is 8.88. The fraction of sp³-hybridized carbons (Fsp3) is 0.562. The Morgan fingerprint density at radius 2 is 1.71 bits per heavy atom. The average molecular weight is 494 g/mol. The first-order chi connectivity index (χ1) is 14.5. The normalized spacial score (nSPS) is 16.9. The van der Waals surface area contributed by atoms with Gasteiger partial charge in [-0.1, -0.05) is 6.42 Å². The standard InChI is InChI=1S/C16H19F5N2O6S2/c1-2-26-13-8-6-12(7-9-13)14(15(17,18)19)22-27-28-29-30-16(20,21)31(24,25)23-10-4-3-5-11-23/h6-9H,2-5,10-11H2,1H3/b22-14-. The number of rotatable bonds is 10. The SMILES string of the molecule is CCOc1ccc(/C(=N/OOOSC(F)(F)S(=O)(=O)N2CCCCC2)C(F)(F)F)cc1. The van der Waals surface area contributed by atoms with Crippen LogP contribution in [0, 0.1) is 0 Å². The number of ether oxygens (including phenoxy) is 1. The Bertz CT molecular complexity index is 843. The molecular formula is C16H19F5N2O6S2. The number of sulfonamides is 1. The van der Waals surface area contributed by atoms with E-state index in [1.807, 2.05) is 0 Å². The molecule has 1 aromatic carbocycles. The molecule has 15 heteroatoms. The van der Waals surface area contributed by atoms with E-state index < -0.39 is 44.1 Å². The monoisotopic (exact) mass is 494 g/mol. The molecule has 0 spiro atoms. The lowest BCUT2D eigenvalue weighted by molar-refractivity contribution is -0.463. The van der Waals surface area contributed by atoms with Gasteiger partial charge in [-0.15, -0.1) is 4.33 Å². The molecule has 0 aromatic heterocycles. The zero-order chi connectivity index (χ0) is 23.1. The van der Waals surface area contributed by atoms with Gasteiger partial charge in [-0.05, 0) is 49.2 Å². The van der Waals surface area contributed by atoms with Crippen molar-refractivity contribution in [1.82, 2.24) is 4.31 Å². The lowest BCUT2D eigenvalue weighted by atomic mass is 10.1. The third-order valence-corrected chi connectivity index (χ3v) is 6.78. The lowest BCUT2D eigenvalue weighted by Crippen LogP contribution is -2.44. The molecular weight excluding hydrogens is 475 g/mol. The second-order valence-corrected chi connectivity index (χ2v) is 9.17. The fourth-order valence-corrected chi connectivity index (χ4v) is 4.48. The third kappa shape index (κ3) is 6.90. The number of halogens is 5. The van der Waals surface area contributed by atoms with E-state index in [0.717, 1.165) is 12.1 Å². The van der Waals surface area contributed by atoms with Crippen molar-refractivity contribution in [3.8, 4) is 5.75 Å². The summed E-state index contributed by atoms with van der Waals surface area (Å²) in [6.45, 7) is 1.86. The van der Waals surface area contributed by atoms with Crippen molar-refractivity contribution < 1.29 is 49.5 Å². The van der Waals surface area contributed by atoms with E-state index in [1.165, 1.54) is 12.1 Å². The van der Waals surface area contributed by atoms with Gasteiger partial charge in [-0.2, -0.15) is 31.2 Å². The molecule has 1 aromatic rings. The van der Waals surface area contributed by atoms with Crippen molar-refractivity contribution in [3.63, 3.8) is 0 Å². The third-order valence-electron chi connectivity index (χ3n) is 3.98. The first kappa shape index (κ1) is 25.6. The summed E-state index contributed by atoms with van der Waals surface area (Å²) in [5.41, 5.74) is -1.97. The molecule has 0 N–H and O–H groups in total. The van der Waals surface area contributed by atoms with Crippen LogP contribution in [0.1, 0.15) is 31.7 Å². The van der Waals surface area contributed by atoms with Crippen molar-refractivity contribution >= 4 is 27.8 Å². The van der Waals surface area contributed by atoms with Crippen LogP contribution in [0.15, 0.2) is 29.4 Å². The van der Waals surface area contributed by atoms with Gasteiger partial charge in [0.2, 0.25) is 0 Å². The second-order valence-electron chi connectivity index (χ2n) is 6.12. The van der Waals surface area contributed by atoms with Crippen LogP contribution in [0.25, 0.3) is 0 Å². The highest BCUT2D eigenvalue weighted by Crippen LogP contribution is 2.38. The van der Waals surface area contributed by atoms with Crippen molar-refractivity contribution in [1.29, 1.82) is 0 Å². The summed E-state index contributed by atoms with van der Waals surface area (Å²) in [5, 5.41) is 6.45. The smallest absolute Gasteiger partial charge is 0.437 e. The molecule has 0 radical (unpaired) electrons. The Morgan fingerprint density at radius 1 is 1.10 bits per heavy atom. The fourth-order valence-electron chi connectivity index (χ4n) is 2.56. The quantitative estimate of drug-likeness (QED) is 0.120. The molecule has 0 saturated carbocycles. The van der Waals surface area contributed by atoms with Crippen LogP contribution in [-0.4, -0.2) is 48.9 Å². The predicted octanol–water partition coefficient (Wildman–Crippen LogP) is 4.25. The second kappa shape index (κ2) is 10.8. The van der Waals surface area contributed by atoms with Crippen molar-refractivity contribution in [2.45, 2.75) is 36.9 Å². The molecule has 1 saturated heterocycles. The predicted molar refractivity (Wildman–Crippen MR) is 100 cm³/mol. The maximum absolute atomic E-state index is 14.0. The highest BCUT2D eigenvalue weighted by Gasteiger charge is 2.52. The van der Waals surface area contributed by atoms with Gasteiger partial charge in [-0.25, -0.2) is 8.42 Å². The highest BCUT2D eigenvalue weighted by atomic mass is 32.3. The van der Waals surface area contributed by atoms with Gasteiger partial charge < -0.3 is 4.74 Å². The van der Waals surface area contributed by atoms with Gasteiger partial charge in [0.15, 0.2) is 5.71 Å². The summed E-state index contributed by atoms with van der Waals surface area (Å²) < 4.78 is 96.5. The van der Waals surface area contributed by atoms with Gasteiger partial charge >= 0.3 is 10.8 Å². The number of alkyl halides is 5. The number of hydrogen-bond acceptors (Lipinski definition) is 8. The van der Waals surface area contributed by atoms with Crippen molar-refractivity contribution in [2.75, 3.05) is 19.7 Å². The Morgan fingerprint density at radius 3 is 2.26 bits per heavy atom. The topological polar surface area (TPSA) is 86.7 Å². The number of nitrogens with zero attached hydrogens (tertiary/aromatic N) is 2. The highest BCUT2D eigenvalue weighted by molar-refractivity contribution is 8.10. The van der Waals surface area contributed by atoms with E-state index in [9.17, 15) is 30.4 Å². The minimum absolute atomic E-state index is 0.0723. The van der Waals surface area contributed by atoms with Crippen LogP contribution in [0.4, 0.5) is 22.0 Å². The van der Waals surface area contributed by atoms with E-state index in [4.69, 9.17) is 4.74 Å². The summed E-state index contributed by atoms with van der Waals surface area (Å²) >= 11 is -0.936. The molecule has 1 fully saturated rings. The molecule has 0 unspecified atom stereocenters.